The number of hydrogen-bond donors (Lipinski definition) is 1. The zero-order valence-electron chi connectivity index (χ0n) is 17.4. The first-order valence-corrected chi connectivity index (χ1v) is 10.5. The maximum absolute atomic E-state index is 12.8. The monoisotopic (exact) mass is 416 g/mol. The minimum Gasteiger partial charge on any atom is -0.376 e. The Morgan fingerprint density at radius 3 is 2.87 bits per heavy atom. The Balaban J connectivity index is 1.40. The van der Waals surface area contributed by atoms with Crippen molar-refractivity contribution in [3.8, 4) is 5.69 Å². The van der Waals surface area contributed by atoms with Crippen LogP contribution in [0.25, 0.3) is 16.7 Å². The van der Waals surface area contributed by atoms with Crippen molar-refractivity contribution in [3.63, 3.8) is 0 Å². The van der Waals surface area contributed by atoms with Gasteiger partial charge in [0, 0.05) is 32.6 Å². The van der Waals surface area contributed by atoms with E-state index in [-0.39, 0.29) is 12.0 Å². The van der Waals surface area contributed by atoms with E-state index in [2.05, 4.69) is 32.6 Å². The van der Waals surface area contributed by atoms with Crippen LogP contribution in [0.2, 0.25) is 0 Å². The van der Waals surface area contributed by atoms with E-state index in [1.165, 1.54) is 0 Å². The summed E-state index contributed by atoms with van der Waals surface area (Å²) in [4.78, 5) is 17.3. The topological polar surface area (TPSA) is 86.9 Å². The van der Waals surface area contributed by atoms with Crippen molar-refractivity contribution in [3.05, 3.63) is 71.8 Å². The van der Waals surface area contributed by atoms with Gasteiger partial charge in [-0.3, -0.25) is 9.48 Å². The molecule has 1 aromatic carbocycles. The smallest absolute Gasteiger partial charge is 0.270 e. The van der Waals surface area contributed by atoms with Gasteiger partial charge in [0.1, 0.15) is 11.2 Å². The van der Waals surface area contributed by atoms with Crippen LogP contribution in [-0.2, 0) is 18.2 Å². The Kier molecular flexibility index (Phi) is 5.21. The van der Waals surface area contributed by atoms with Gasteiger partial charge in [0.25, 0.3) is 5.91 Å². The molecule has 8 nitrogen and oxygen atoms in total. The quantitative estimate of drug-likeness (QED) is 0.522. The summed E-state index contributed by atoms with van der Waals surface area (Å²) >= 11 is 0. The van der Waals surface area contributed by atoms with Crippen LogP contribution < -0.4 is 5.32 Å². The number of pyridine rings is 1. The molecule has 158 valence electrons. The maximum Gasteiger partial charge on any atom is 0.270 e. The molecule has 1 N–H and O–H groups in total. The van der Waals surface area contributed by atoms with Crippen molar-refractivity contribution in [2.75, 3.05) is 13.2 Å². The van der Waals surface area contributed by atoms with Crippen LogP contribution >= 0.6 is 0 Å². The third kappa shape index (κ3) is 4.06. The molecule has 5 rings (SSSR count). The number of ether oxygens (including phenoxy) is 1. The zero-order chi connectivity index (χ0) is 21.2. The lowest BCUT2D eigenvalue weighted by Crippen LogP contribution is -2.32. The van der Waals surface area contributed by atoms with Crippen LogP contribution in [0.15, 0.2) is 55.0 Å². The Morgan fingerprint density at radius 1 is 1.26 bits per heavy atom. The van der Waals surface area contributed by atoms with E-state index in [4.69, 9.17) is 4.74 Å². The van der Waals surface area contributed by atoms with Crippen molar-refractivity contribution >= 4 is 16.9 Å². The number of nitrogens with one attached hydrogen (secondary N) is 1. The van der Waals surface area contributed by atoms with E-state index >= 15 is 0 Å². The first-order chi connectivity index (χ1) is 15.2. The van der Waals surface area contributed by atoms with Gasteiger partial charge in [-0.2, -0.15) is 10.2 Å². The summed E-state index contributed by atoms with van der Waals surface area (Å²) in [5.74, 6) is -0.184. The van der Waals surface area contributed by atoms with Crippen molar-refractivity contribution in [1.82, 2.24) is 29.9 Å². The minimum atomic E-state index is -0.184. The third-order valence-electron chi connectivity index (χ3n) is 5.62. The maximum atomic E-state index is 12.8. The number of aromatic nitrogens is 5. The second-order valence-corrected chi connectivity index (χ2v) is 7.81. The number of amides is 1. The fourth-order valence-corrected chi connectivity index (χ4v) is 4.04. The molecule has 0 unspecified atom stereocenters. The molecule has 1 aliphatic rings. The molecule has 0 aliphatic carbocycles. The first-order valence-electron chi connectivity index (χ1n) is 10.5. The zero-order valence-corrected chi connectivity index (χ0v) is 17.4. The molecule has 4 aromatic rings. The number of aryl methyl sites for hydroxylation is 1. The molecular formula is C23H24N6O2. The number of benzene rings is 1. The molecule has 1 atom stereocenters. The number of hydrogen-bond acceptors (Lipinski definition) is 5. The van der Waals surface area contributed by atoms with Crippen molar-refractivity contribution in [2.24, 2.45) is 7.05 Å². The molecule has 0 saturated carbocycles. The van der Waals surface area contributed by atoms with Gasteiger partial charge in [-0.15, -0.1) is 0 Å². The predicted molar refractivity (Wildman–Crippen MR) is 116 cm³/mol. The summed E-state index contributed by atoms with van der Waals surface area (Å²) in [6.45, 7) is 1.28. The van der Waals surface area contributed by atoms with E-state index in [1.807, 2.05) is 46.9 Å². The van der Waals surface area contributed by atoms with Gasteiger partial charge in [0.05, 0.1) is 23.5 Å². The lowest BCUT2D eigenvalue weighted by atomic mass is 10.0. The first kappa shape index (κ1) is 19.4. The lowest BCUT2D eigenvalue weighted by molar-refractivity contribution is 0.0854. The number of carbonyl (C=O) groups is 1. The highest BCUT2D eigenvalue weighted by molar-refractivity contribution is 5.95. The highest BCUT2D eigenvalue weighted by atomic mass is 16.5. The van der Waals surface area contributed by atoms with Gasteiger partial charge in [-0.1, -0.05) is 12.1 Å². The Hall–Kier alpha value is -3.52. The molecule has 1 aliphatic heterocycles. The van der Waals surface area contributed by atoms with E-state index in [9.17, 15) is 4.79 Å². The highest BCUT2D eigenvalue weighted by Gasteiger charge is 2.19. The predicted octanol–water partition coefficient (Wildman–Crippen LogP) is 2.65. The summed E-state index contributed by atoms with van der Waals surface area (Å²) < 4.78 is 9.23. The summed E-state index contributed by atoms with van der Waals surface area (Å²) in [6, 6.07) is 12.0. The molecule has 1 fully saturated rings. The molecular weight excluding hydrogens is 392 g/mol. The van der Waals surface area contributed by atoms with Crippen LogP contribution in [0.5, 0.6) is 0 Å². The summed E-state index contributed by atoms with van der Waals surface area (Å²) in [6.07, 6.45) is 8.17. The standard InChI is InChI=1S/C23H24N6O2/c1-28-22-17(12-16-5-7-18(8-6-16)29-10-3-9-25-29)13-20(27-21(22)15-26-28)23(30)24-14-19-4-2-11-31-19/h3,5-10,13,15,19H,2,4,11-12,14H2,1H3,(H,24,30)/t19-/m1/s1. The number of carbonyl (C=O) groups excluding carboxylic acids is 1. The van der Waals surface area contributed by atoms with Gasteiger partial charge in [0.2, 0.25) is 0 Å². The van der Waals surface area contributed by atoms with Gasteiger partial charge >= 0.3 is 0 Å². The van der Waals surface area contributed by atoms with Gasteiger partial charge in [-0.25, -0.2) is 9.67 Å². The SMILES string of the molecule is Cn1ncc2nc(C(=O)NC[C@H]3CCCO3)cc(Cc3ccc(-n4cccn4)cc3)c21. The molecule has 3 aromatic heterocycles. The summed E-state index contributed by atoms with van der Waals surface area (Å²) in [5.41, 5.74) is 5.21. The Labute approximate surface area is 179 Å². The molecule has 0 bridgehead atoms. The van der Waals surface area contributed by atoms with E-state index in [1.54, 1.807) is 12.4 Å². The number of nitrogens with zero attached hydrogens (tertiary/aromatic N) is 5. The Morgan fingerprint density at radius 2 is 2.13 bits per heavy atom. The lowest BCUT2D eigenvalue weighted by Gasteiger charge is -2.12. The minimum absolute atomic E-state index is 0.0962. The fourth-order valence-electron chi connectivity index (χ4n) is 4.04. The molecule has 1 saturated heterocycles. The average molecular weight is 416 g/mol. The number of fused-ring (bicyclic) bond motifs is 1. The highest BCUT2D eigenvalue weighted by Crippen LogP contribution is 2.22. The second-order valence-electron chi connectivity index (χ2n) is 7.81. The molecule has 0 spiro atoms. The Bertz CT molecular complexity index is 1190. The van der Waals surface area contributed by atoms with Crippen LogP contribution in [-0.4, -0.2) is 49.7 Å². The number of rotatable bonds is 6. The van der Waals surface area contributed by atoms with E-state index in [0.717, 1.165) is 47.3 Å². The molecule has 0 radical (unpaired) electrons. The van der Waals surface area contributed by atoms with Crippen molar-refractivity contribution in [2.45, 2.75) is 25.4 Å². The second kappa shape index (κ2) is 8.31. The molecule has 31 heavy (non-hydrogen) atoms. The van der Waals surface area contributed by atoms with Gasteiger partial charge in [0.15, 0.2) is 0 Å². The van der Waals surface area contributed by atoms with Crippen molar-refractivity contribution in [1.29, 1.82) is 0 Å². The largest absolute Gasteiger partial charge is 0.376 e. The molecule has 8 heteroatoms. The van der Waals surface area contributed by atoms with Gasteiger partial charge in [-0.05, 0) is 54.7 Å². The third-order valence-corrected chi connectivity index (χ3v) is 5.62. The molecule has 4 heterocycles. The average Bonchev–Trinajstić information content (AvgIpc) is 3.55. The van der Waals surface area contributed by atoms with Crippen LogP contribution in [0, 0.1) is 0 Å². The van der Waals surface area contributed by atoms with Crippen LogP contribution in [0.3, 0.4) is 0 Å². The summed E-state index contributed by atoms with van der Waals surface area (Å²) in [7, 11) is 1.89. The van der Waals surface area contributed by atoms with Gasteiger partial charge < -0.3 is 10.1 Å². The molecule has 1 amide bonds. The van der Waals surface area contributed by atoms with Crippen LogP contribution in [0.1, 0.15) is 34.5 Å². The fraction of sp³-hybridized carbons (Fsp3) is 0.304. The van der Waals surface area contributed by atoms with E-state index < -0.39 is 0 Å². The van der Waals surface area contributed by atoms with Crippen LogP contribution in [0.4, 0.5) is 0 Å². The summed E-state index contributed by atoms with van der Waals surface area (Å²) in [5, 5.41) is 11.6. The van der Waals surface area contributed by atoms with E-state index in [0.29, 0.717) is 18.7 Å². The normalized spacial score (nSPS) is 16.1. The van der Waals surface area contributed by atoms with Crippen molar-refractivity contribution < 1.29 is 9.53 Å².